The lowest BCUT2D eigenvalue weighted by Gasteiger charge is -2.42. The summed E-state index contributed by atoms with van der Waals surface area (Å²) in [5.74, 6) is -1.63. The van der Waals surface area contributed by atoms with Crippen LogP contribution in [0.4, 0.5) is 8.78 Å². The van der Waals surface area contributed by atoms with Crippen molar-refractivity contribution in [2.45, 2.75) is 12.6 Å². The average molecular weight is 540 g/mol. The molecule has 3 aromatic carbocycles. The van der Waals surface area contributed by atoms with E-state index in [0.717, 1.165) is 41.1 Å². The van der Waals surface area contributed by atoms with Crippen LogP contribution in [-0.4, -0.2) is 42.2 Å². The Morgan fingerprint density at radius 3 is 2.11 bits per heavy atom. The minimum Gasteiger partial charge on any atom is -0.333 e. The third-order valence-corrected chi connectivity index (χ3v) is 7.89. The third kappa shape index (κ3) is 5.66. The van der Waals surface area contributed by atoms with Crippen LogP contribution >= 0.6 is 11.6 Å². The van der Waals surface area contributed by atoms with Crippen LogP contribution in [-0.2, 0) is 16.4 Å². The van der Waals surface area contributed by atoms with E-state index in [0.29, 0.717) is 30.2 Å². The Balaban J connectivity index is 1.48. The molecule has 1 aliphatic rings. The molecule has 0 spiro atoms. The fourth-order valence-corrected chi connectivity index (χ4v) is 6.12. The molecule has 0 aliphatic carbocycles. The SMILES string of the molecule is CS(=O)(=O)C(=C1CN([C@H](c2ccc(Cl)cc2)c2ccc(Cn3ccnc3)cc2)C1)c1cc(F)cc(F)c1. The molecule has 1 saturated heterocycles. The minimum absolute atomic E-state index is 0.0207. The molecule has 1 atom stereocenters. The number of rotatable bonds is 7. The molecular formula is C28H24ClF2N3O2S. The van der Waals surface area contributed by atoms with Gasteiger partial charge < -0.3 is 4.57 Å². The predicted octanol–water partition coefficient (Wildman–Crippen LogP) is 5.72. The summed E-state index contributed by atoms with van der Waals surface area (Å²) in [6.07, 6.45) is 6.48. The first-order valence-corrected chi connectivity index (χ1v) is 13.9. The van der Waals surface area contributed by atoms with E-state index in [-0.39, 0.29) is 16.5 Å². The van der Waals surface area contributed by atoms with Gasteiger partial charge in [0.25, 0.3) is 0 Å². The molecular weight excluding hydrogens is 516 g/mol. The van der Waals surface area contributed by atoms with E-state index in [9.17, 15) is 17.2 Å². The molecule has 5 rings (SSSR count). The number of nitrogens with zero attached hydrogens (tertiary/aromatic N) is 3. The zero-order valence-corrected chi connectivity index (χ0v) is 21.6. The average Bonchev–Trinajstić information content (AvgIpc) is 3.31. The van der Waals surface area contributed by atoms with Crippen molar-refractivity contribution in [2.24, 2.45) is 0 Å². The van der Waals surface area contributed by atoms with E-state index >= 15 is 0 Å². The van der Waals surface area contributed by atoms with Gasteiger partial charge in [-0.2, -0.15) is 0 Å². The fourth-order valence-electron chi connectivity index (χ4n) is 4.79. The normalized spacial score (nSPS) is 14.9. The van der Waals surface area contributed by atoms with Gasteiger partial charge in [-0.1, -0.05) is 48.0 Å². The second-order valence-electron chi connectivity index (χ2n) is 9.20. The van der Waals surface area contributed by atoms with E-state index in [1.54, 1.807) is 12.5 Å². The van der Waals surface area contributed by atoms with Gasteiger partial charge in [0.2, 0.25) is 0 Å². The lowest BCUT2D eigenvalue weighted by Crippen LogP contribution is -2.44. The van der Waals surface area contributed by atoms with Crippen molar-refractivity contribution in [3.05, 3.63) is 130 Å². The molecule has 9 heteroatoms. The molecule has 2 heterocycles. The number of likely N-dealkylation sites (tertiary alicyclic amines) is 1. The maximum absolute atomic E-state index is 13.9. The monoisotopic (exact) mass is 539 g/mol. The fraction of sp³-hybridized carbons (Fsp3) is 0.179. The molecule has 0 radical (unpaired) electrons. The molecule has 1 fully saturated rings. The highest BCUT2D eigenvalue weighted by Gasteiger charge is 2.35. The standard InChI is InChI=1S/C28H24ClF2N3O2S/c1-37(35,36)28(22-12-25(30)14-26(31)13-22)23-16-34(17-23)27(21-6-8-24(29)9-7-21)20-4-2-19(3-5-20)15-33-11-10-32-18-33/h2-14,18,27H,15-17H2,1H3/t27-/m0/s1. The number of hydrogen-bond acceptors (Lipinski definition) is 4. The summed E-state index contributed by atoms with van der Waals surface area (Å²) in [4.78, 5) is 6.19. The summed E-state index contributed by atoms with van der Waals surface area (Å²) in [5, 5.41) is 0.620. The molecule has 0 amide bonds. The first-order valence-electron chi connectivity index (χ1n) is 11.6. The molecule has 0 saturated carbocycles. The van der Waals surface area contributed by atoms with Gasteiger partial charge in [-0.15, -0.1) is 0 Å². The maximum atomic E-state index is 13.9. The van der Waals surface area contributed by atoms with E-state index in [4.69, 9.17) is 11.6 Å². The maximum Gasteiger partial charge on any atom is 0.176 e. The molecule has 37 heavy (non-hydrogen) atoms. The Labute approximate surface area is 219 Å². The second-order valence-corrected chi connectivity index (χ2v) is 11.6. The molecule has 1 aromatic heterocycles. The van der Waals surface area contributed by atoms with Gasteiger partial charge in [0.15, 0.2) is 9.84 Å². The summed E-state index contributed by atoms with van der Waals surface area (Å²) < 4.78 is 55.1. The van der Waals surface area contributed by atoms with Crippen LogP contribution < -0.4 is 0 Å². The largest absolute Gasteiger partial charge is 0.333 e. The van der Waals surface area contributed by atoms with Crippen LogP contribution in [0.15, 0.2) is 91.0 Å². The van der Waals surface area contributed by atoms with Crippen molar-refractivity contribution in [1.82, 2.24) is 14.5 Å². The molecule has 5 nitrogen and oxygen atoms in total. The lowest BCUT2D eigenvalue weighted by molar-refractivity contribution is 0.203. The Bertz CT molecular complexity index is 1520. The summed E-state index contributed by atoms with van der Waals surface area (Å²) >= 11 is 6.13. The Morgan fingerprint density at radius 1 is 0.973 bits per heavy atom. The Hall–Kier alpha value is -3.33. The number of halogens is 3. The second kappa shape index (κ2) is 10.2. The first kappa shape index (κ1) is 25.3. The molecule has 190 valence electrons. The summed E-state index contributed by atoms with van der Waals surface area (Å²) in [5.41, 5.74) is 3.80. The topological polar surface area (TPSA) is 55.2 Å². The third-order valence-electron chi connectivity index (χ3n) is 6.38. The highest BCUT2D eigenvalue weighted by molar-refractivity contribution is 8.00. The van der Waals surface area contributed by atoms with E-state index in [1.807, 2.05) is 35.0 Å². The van der Waals surface area contributed by atoms with Crippen LogP contribution in [0.5, 0.6) is 0 Å². The van der Waals surface area contributed by atoms with Crippen molar-refractivity contribution in [1.29, 1.82) is 0 Å². The van der Waals surface area contributed by atoms with Crippen LogP contribution in [0.2, 0.25) is 5.02 Å². The summed E-state index contributed by atoms with van der Waals surface area (Å²) in [6, 6.07) is 18.5. The van der Waals surface area contributed by atoms with Crippen LogP contribution in [0.3, 0.4) is 0 Å². The van der Waals surface area contributed by atoms with Crippen molar-refractivity contribution < 1.29 is 17.2 Å². The number of sulfone groups is 1. The lowest BCUT2D eigenvalue weighted by atomic mass is 9.91. The first-order chi connectivity index (χ1) is 17.7. The van der Waals surface area contributed by atoms with Crippen LogP contribution in [0.25, 0.3) is 4.91 Å². The highest BCUT2D eigenvalue weighted by Crippen LogP contribution is 2.38. The summed E-state index contributed by atoms with van der Waals surface area (Å²) in [7, 11) is -3.73. The van der Waals surface area contributed by atoms with Crippen molar-refractivity contribution in [3.63, 3.8) is 0 Å². The number of hydrogen-bond donors (Lipinski definition) is 0. The number of benzene rings is 3. The van der Waals surface area contributed by atoms with Crippen LogP contribution in [0.1, 0.15) is 28.3 Å². The van der Waals surface area contributed by atoms with Crippen molar-refractivity contribution in [2.75, 3.05) is 19.3 Å². The summed E-state index contributed by atoms with van der Waals surface area (Å²) in [6.45, 7) is 1.37. The van der Waals surface area contributed by atoms with Gasteiger partial charge in [0, 0.05) is 49.4 Å². The zero-order chi connectivity index (χ0) is 26.2. The smallest absolute Gasteiger partial charge is 0.176 e. The van der Waals surface area contributed by atoms with Gasteiger partial charge in [-0.05, 0) is 52.1 Å². The highest BCUT2D eigenvalue weighted by atomic mass is 35.5. The van der Waals surface area contributed by atoms with Crippen LogP contribution in [0, 0.1) is 11.6 Å². The predicted molar refractivity (Wildman–Crippen MR) is 141 cm³/mol. The van der Waals surface area contributed by atoms with Gasteiger partial charge >= 0.3 is 0 Å². The molecule has 0 N–H and O–H groups in total. The van der Waals surface area contributed by atoms with Gasteiger partial charge in [-0.25, -0.2) is 22.2 Å². The molecule has 4 aromatic rings. The Kier molecular flexibility index (Phi) is 6.98. The van der Waals surface area contributed by atoms with E-state index < -0.39 is 21.5 Å². The van der Waals surface area contributed by atoms with E-state index in [1.165, 1.54) is 0 Å². The van der Waals surface area contributed by atoms with Gasteiger partial charge in [0.1, 0.15) is 11.6 Å². The Morgan fingerprint density at radius 2 is 1.57 bits per heavy atom. The molecule has 0 unspecified atom stereocenters. The van der Waals surface area contributed by atoms with Crippen molar-refractivity contribution in [3.8, 4) is 0 Å². The number of imidazole rings is 1. The quantitative estimate of drug-likeness (QED) is 0.301. The van der Waals surface area contributed by atoms with E-state index in [2.05, 4.69) is 34.1 Å². The molecule has 0 bridgehead atoms. The van der Waals surface area contributed by atoms with Gasteiger partial charge in [0.05, 0.1) is 17.3 Å². The van der Waals surface area contributed by atoms with Gasteiger partial charge in [-0.3, -0.25) is 4.90 Å². The van der Waals surface area contributed by atoms with Crippen molar-refractivity contribution >= 4 is 26.3 Å². The molecule has 1 aliphatic heterocycles. The minimum atomic E-state index is -3.73. The number of aromatic nitrogens is 2. The zero-order valence-electron chi connectivity index (χ0n) is 20.0.